The highest BCUT2D eigenvalue weighted by Gasteiger charge is 2.73. The van der Waals surface area contributed by atoms with E-state index in [-0.39, 0.29) is 52.2 Å². The number of nitro groups is 1. The predicted octanol–water partition coefficient (Wildman–Crippen LogP) is 7.67. The second kappa shape index (κ2) is 12.1. The van der Waals surface area contributed by atoms with Crippen molar-refractivity contribution in [3.63, 3.8) is 0 Å². The first-order valence-electron chi connectivity index (χ1n) is 14.9. The van der Waals surface area contributed by atoms with Crippen molar-refractivity contribution in [3.05, 3.63) is 101 Å². The van der Waals surface area contributed by atoms with Gasteiger partial charge in [-0.3, -0.25) is 19.8 Å². The van der Waals surface area contributed by atoms with Crippen molar-refractivity contribution in [1.29, 1.82) is 0 Å². The average molecular weight is 793 g/mol. The summed E-state index contributed by atoms with van der Waals surface area (Å²) in [6.45, 7) is 4.70. The molecule has 0 radical (unpaired) electrons. The van der Waals surface area contributed by atoms with Crippen molar-refractivity contribution in [1.82, 2.24) is 4.31 Å². The van der Waals surface area contributed by atoms with Gasteiger partial charge in [0.05, 0.1) is 37.0 Å². The second-order valence-corrected chi connectivity index (χ2v) is 16.5. The molecule has 3 atom stereocenters. The number of rotatable bonds is 6. The lowest BCUT2D eigenvalue weighted by atomic mass is 9.52. The summed E-state index contributed by atoms with van der Waals surface area (Å²) < 4.78 is 35.6. The quantitative estimate of drug-likeness (QED) is 0.0865. The maximum Gasteiger partial charge on any atom is 0.416 e. The molecule has 0 unspecified atom stereocenters. The third kappa shape index (κ3) is 5.28. The number of nitrogens with one attached hydrogen (secondary N) is 1. The van der Waals surface area contributed by atoms with Gasteiger partial charge in [0.15, 0.2) is 0 Å². The number of fused-ring (bicyclic) bond motifs is 6. The Hall–Kier alpha value is -4.08. The van der Waals surface area contributed by atoms with E-state index in [1.54, 1.807) is 45.0 Å². The predicted molar refractivity (Wildman–Crippen MR) is 185 cm³/mol. The molecule has 18 heteroatoms. The number of hydrogen-bond acceptors (Lipinski definition) is 9. The number of anilines is 2. The summed E-state index contributed by atoms with van der Waals surface area (Å²) in [5.41, 5.74) is 6.23. The molecule has 3 aliphatic rings. The van der Waals surface area contributed by atoms with Gasteiger partial charge in [-0.05, 0) is 86.7 Å². The number of non-ortho nitro benzene ring substituents is 1. The summed E-state index contributed by atoms with van der Waals surface area (Å²) in [6.07, 6.45) is -1.99. The molecule has 0 bridgehead atoms. The van der Waals surface area contributed by atoms with Crippen LogP contribution < -0.4 is 10.2 Å². The molecule has 3 aromatic carbocycles. The van der Waals surface area contributed by atoms with Crippen LogP contribution in [0.3, 0.4) is 0 Å². The van der Waals surface area contributed by atoms with E-state index in [1.165, 1.54) is 11.0 Å². The lowest BCUT2D eigenvalue weighted by molar-refractivity contribution is -0.384. The fraction of sp³-hybridized carbons (Fsp3) is 0.355. The Morgan fingerprint density at radius 3 is 2.51 bits per heavy atom. The van der Waals surface area contributed by atoms with Crippen LogP contribution in [0.25, 0.3) is 10.4 Å². The molecule has 0 saturated carbocycles. The Morgan fingerprint density at radius 1 is 1.18 bits per heavy atom. The number of benzene rings is 3. The van der Waals surface area contributed by atoms with E-state index < -0.39 is 49.5 Å². The van der Waals surface area contributed by atoms with Gasteiger partial charge in [-0.2, -0.15) is 0 Å². The number of halogens is 3. The van der Waals surface area contributed by atoms with Crippen LogP contribution in [0.15, 0.2) is 69.1 Å². The molecule has 14 nitrogen and oxygen atoms in total. The SMILES string of the molecule is CC(C)(C)OC(=O)N1c2cc(Br)ccc2[C@@]2(CCN(S(=O)(=O)c3ccc([N+](=O)[O-])cc3)C2=O)[C@@]2(CCN=[N+]=[N-])c3cc(Cl)cc(Cl)c3N[C@@H]12. The molecule has 1 spiro atoms. The van der Waals surface area contributed by atoms with E-state index in [4.69, 9.17) is 27.9 Å². The summed E-state index contributed by atoms with van der Waals surface area (Å²) in [5, 5.41) is 18.8. The van der Waals surface area contributed by atoms with Crippen molar-refractivity contribution in [2.45, 2.75) is 61.1 Å². The fourth-order valence-electron chi connectivity index (χ4n) is 7.39. The molecule has 1 N–H and O–H groups in total. The van der Waals surface area contributed by atoms with E-state index >= 15 is 4.79 Å². The molecule has 0 aliphatic carbocycles. The summed E-state index contributed by atoms with van der Waals surface area (Å²) >= 11 is 16.8. The van der Waals surface area contributed by atoms with Gasteiger partial charge < -0.3 is 10.1 Å². The Balaban J connectivity index is 1.67. The molecule has 49 heavy (non-hydrogen) atoms. The summed E-state index contributed by atoms with van der Waals surface area (Å²) in [7, 11) is -4.55. The minimum Gasteiger partial charge on any atom is -0.443 e. The summed E-state index contributed by atoms with van der Waals surface area (Å²) in [6, 6.07) is 12.4. The van der Waals surface area contributed by atoms with Crippen LogP contribution in [0.5, 0.6) is 0 Å². The topological polar surface area (TPSA) is 188 Å². The molecule has 3 aromatic rings. The van der Waals surface area contributed by atoms with Crippen LogP contribution >= 0.6 is 39.1 Å². The molecule has 1 fully saturated rings. The summed E-state index contributed by atoms with van der Waals surface area (Å²) in [5.74, 6) is -0.810. The van der Waals surface area contributed by atoms with Crippen molar-refractivity contribution >= 4 is 78.2 Å². The molecular formula is C31H28BrCl2N7O7S. The molecule has 0 aromatic heterocycles. The van der Waals surface area contributed by atoms with Crippen LogP contribution in [0.1, 0.15) is 44.7 Å². The number of azide groups is 1. The van der Waals surface area contributed by atoms with Crippen molar-refractivity contribution in [2.75, 3.05) is 23.3 Å². The maximum atomic E-state index is 15.3. The molecule has 2 amide bonds. The van der Waals surface area contributed by atoms with Crippen LogP contribution in [0.2, 0.25) is 10.0 Å². The van der Waals surface area contributed by atoms with Gasteiger partial charge in [-0.15, -0.1) is 0 Å². The molecule has 1 saturated heterocycles. The number of hydrogen-bond donors (Lipinski definition) is 1. The minimum absolute atomic E-state index is 0.0512. The number of sulfonamides is 1. The highest BCUT2D eigenvalue weighted by Crippen LogP contribution is 2.66. The molecule has 3 heterocycles. The van der Waals surface area contributed by atoms with Gasteiger partial charge in [0.25, 0.3) is 15.7 Å². The average Bonchev–Trinajstić information content (AvgIpc) is 3.53. The molecule has 6 rings (SSSR count). The van der Waals surface area contributed by atoms with E-state index in [0.29, 0.717) is 21.3 Å². The van der Waals surface area contributed by atoms with Gasteiger partial charge in [0, 0.05) is 39.6 Å². The van der Waals surface area contributed by atoms with Gasteiger partial charge >= 0.3 is 6.09 Å². The smallest absolute Gasteiger partial charge is 0.416 e. The fourth-order valence-corrected chi connectivity index (χ4v) is 9.73. The number of carbonyl (C=O) groups excluding carboxylic acids is 2. The number of nitrogens with zero attached hydrogens (tertiary/aromatic N) is 6. The van der Waals surface area contributed by atoms with Crippen molar-refractivity contribution < 1.29 is 27.7 Å². The van der Waals surface area contributed by atoms with E-state index in [2.05, 4.69) is 31.3 Å². The van der Waals surface area contributed by atoms with Gasteiger partial charge in [0.1, 0.15) is 11.8 Å². The Morgan fingerprint density at radius 2 is 1.88 bits per heavy atom. The van der Waals surface area contributed by atoms with Gasteiger partial charge in [-0.1, -0.05) is 50.3 Å². The lowest BCUT2D eigenvalue weighted by Crippen LogP contribution is -2.69. The van der Waals surface area contributed by atoms with E-state index in [1.807, 2.05) is 0 Å². The largest absolute Gasteiger partial charge is 0.443 e. The third-order valence-corrected chi connectivity index (χ3v) is 12.0. The van der Waals surface area contributed by atoms with Crippen LogP contribution in [0, 0.1) is 10.1 Å². The number of amides is 2. The first-order valence-corrected chi connectivity index (χ1v) is 17.9. The highest BCUT2D eigenvalue weighted by atomic mass is 79.9. The monoisotopic (exact) mass is 791 g/mol. The number of nitro benzene ring substituents is 1. The van der Waals surface area contributed by atoms with Crippen LogP contribution in [0.4, 0.5) is 21.9 Å². The Labute approximate surface area is 299 Å². The standard InChI is InChI=1S/C31H28BrCl2N7O7S/c1-29(2,3)48-28(43)40-24-14-17(32)4-9-21(24)31(11-13-39(27(31)42)49(46,47)20-7-5-19(6-8-20)41(44)45)30(10-12-36-38-35)22-15-18(33)16-23(34)25(22)37-26(30)40/h4-9,14-16,26,37H,10-13H2,1-3H3/t26-,30-,31+/m0/s1. The zero-order valence-corrected chi connectivity index (χ0v) is 30.1. The lowest BCUT2D eigenvalue weighted by Gasteiger charge is -2.56. The highest BCUT2D eigenvalue weighted by molar-refractivity contribution is 9.10. The zero-order valence-electron chi connectivity index (χ0n) is 26.2. The van der Waals surface area contributed by atoms with Crippen molar-refractivity contribution in [3.8, 4) is 0 Å². The number of carbonyl (C=O) groups is 2. The summed E-state index contributed by atoms with van der Waals surface area (Å²) in [4.78, 5) is 44.1. The Kier molecular flexibility index (Phi) is 8.56. The molecule has 3 aliphatic heterocycles. The normalized spacial score (nSPS) is 22.6. The Bertz CT molecular complexity index is 2090. The third-order valence-electron chi connectivity index (χ3n) is 9.16. The van der Waals surface area contributed by atoms with Crippen LogP contribution in [-0.4, -0.2) is 54.5 Å². The first kappa shape index (κ1) is 34.8. The second-order valence-electron chi connectivity index (χ2n) is 12.8. The van der Waals surface area contributed by atoms with Gasteiger partial charge in [-0.25, -0.2) is 17.5 Å². The molecule has 256 valence electrons. The van der Waals surface area contributed by atoms with E-state index in [0.717, 1.165) is 28.6 Å². The first-order chi connectivity index (χ1) is 23.0. The zero-order chi connectivity index (χ0) is 35.7. The van der Waals surface area contributed by atoms with Crippen molar-refractivity contribution in [2.24, 2.45) is 5.11 Å². The van der Waals surface area contributed by atoms with E-state index in [9.17, 15) is 28.9 Å². The molecular weight excluding hydrogens is 765 g/mol. The minimum atomic E-state index is -4.55. The number of ether oxygens (including phenoxy) is 1. The van der Waals surface area contributed by atoms with Crippen LogP contribution in [-0.2, 0) is 30.4 Å². The maximum absolute atomic E-state index is 15.3. The van der Waals surface area contributed by atoms with Gasteiger partial charge in [0.2, 0.25) is 5.91 Å².